The molecule has 0 radical (unpaired) electrons. The molecule has 1 aliphatic rings. The number of nitrogens with one attached hydrogen (secondary N) is 1. The molecule has 2 unspecified atom stereocenters. The molecule has 0 spiro atoms. The summed E-state index contributed by atoms with van der Waals surface area (Å²) in [6, 6.07) is 0.702. The van der Waals surface area contributed by atoms with Crippen LogP contribution in [0.15, 0.2) is 0 Å². The molecule has 0 amide bonds. The van der Waals surface area contributed by atoms with E-state index >= 15 is 0 Å². The van der Waals surface area contributed by atoms with E-state index in [2.05, 4.69) is 24.1 Å². The van der Waals surface area contributed by atoms with Crippen LogP contribution in [0.1, 0.15) is 65.7 Å². The van der Waals surface area contributed by atoms with E-state index in [1.165, 1.54) is 25.8 Å². The second-order valence-electron chi connectivity index (χ2n) is 6.40. The molecule has 4 nitrogen and oxygen atoms in total. The fraction of sp³-hybridized carbons (Fsp3) is 0.938. The third kappa shape index (κ3) is 5.41. The third-order valence-corrected chi connectivity index (χ3v) is 4.55. The van der Waals surface area contributed by atoms with Crippen molar-refractivity contribution < 1.29 is 9.90 Å². The molecule has 1 saturated heterocycles. The maximum Gasteiger partial charge on any atom is 0.323 e. The van der Waals surface area contributed by atoms with Crippen LogP contribution in [0.2, 0.25) is 0 Å². The highest BCUT2D eigenvalue weighted by atomic mass is 16.4. The van der Waals surface area contributed by atoms with E-state index in [4.69, 9.17) is 0 Å². The average molecular weight is 284 g/mol. The number of unbranched alkanes of at least 4 members (excludes halogenated alkanes) is 1. The number of carbonyl (C=O) groups is 1. The lowest BCUT2D eigenvalue weighted by molar-refractivity contribution is -0.144. The van der Waals surface area contributed by atoms with Gasteiger partial charge < -0.3 is 15.3 Å². The summed E-state index contributed by atoms with van der Waals surface area (Å²) in [5.74, 6) is -0.725. The van der Waals surface area contributed by atoms with E-state index < -0.39 is 11.5 Å². The Bertz CT molecular complexity index is 296. The molecule has 0 aromatic rings. The summed E-state index contributed by atoms with van der Waals surface area (Å²) in [5.41, 5.74) is -0.760. The maximum atomic E-state index is 11.4. The lowest BCUT2D eigenvalue weighted by Crippen LogP contribution is -2.49. The highest BCUT2D eigenvalue weighted by molar-refractivity contribution is 5.78. The molecule has 4 heteroatoms. The minimum atomic E-state index is -0.760. The monoisotopic (exact) mass is 284 g/mol. The predicted molar refractivity (Wildman–Crippen MR) is 83.1 cm³/mol. The first-order chi connectivity index (χ1) is 9.49. The summed E-state index contributed by atoms with van der Waals surface area (Å²) in [4.78, 5) is 14.0. The van der Waals surface area contributed by atoms with Gasteiger partial charge in [0.05, 0.1) is 0 Å². The number of carboxylic acid groups (broad SMARTS) is 1. The molecule has 1 fully saturated rings. The molecular formula is C16H32N2O2. The minimum Gasteiger partial charge on any atom is -0.480 e. The lowest BCUT2D eigenvalue weighted by Gasteiger charge is -2.33. The maximum absolute atomic E-state index is 11.4. The Hall–Kier alpha value is -0.610. The molecular weight excluding hydrogens is 252 g/mol. The minimum absolute atomic E-state index is 0.702. The Morgan fingerprint density at radius 2 is 2.15 bits per heavy atom. The van der Waals surface area contributed by atoms with Gasteiger partial charge in [0.1, 0.15) is 5.54 Å². The quantitative estimate of drug-likeness (QED) is 0.639. The first-order valence-corrected chi connectivity index (χ1v) is 8.22. The molecule has 1 aliphatic heterocycles. The number of likely N-dealkylation sites (tertiary alicyclic amines) is 1. The van der Waals surface area contributed by atoms with E-state index in [0.29, 0.717) is 12.5 Å². The normalized spacial score (nSPS) is 23.4. The molecule has 1 heterocycles. The molecule has 2 atom stereocenters. The highest BCUT2D eigenvalue weighted by Gasteiger charge is 2.31. The third-order valence-electron chi connectivity index (χ3n) is 4.55. The second kappa shape index (κ2) is 8.63. The van der Waals surface area contributed by atoms with Crippen molar-refractivity contribution in [2.45, 2.75) is 77.3 Å². The van der Waals surface area contributed by atoms with Crippen molar-refractivity contribution >= 4 is 5.97 Å². The van der Waals surface area contributed by atoms with Gasteiger partial charge in [-0.3, -0.25) is 4.79 Å². The van der Waals surface area contributed by atoms with Crippen molar-refractivity contribution in [2.75, 3.05) is 19.6 Å². The van der Waals surface area contributed by atoms with Crippen molar-refractivity contribution in [3.8, 4) is 0 Å². The van der Waals surface area contributed by atoms with Crippen LogP contribution in [0.5, 0.6) is 0 Å². The van der Waals surface area contributed by atoms with Crippen LogP contribution in [0, 0.1) is 0 Å². The number of rotatable bonds is 9. The fourth-order valence-corrected chi connectivity index (χ4v) is 2.96. The second-order valence-corrected chi connectivity index (χ2v) is 6.40. The van der Waals surface area contributed by atoms with E-state index in [1.54, 1.807) is 0 Å². The van der Waals surface area contributed by atoms with Gasteiger partial charge >= 0.3 is 5.97 Å². The van der Waals surface area contributed by atoms with E-state index in [9.17, 15) is 9.90 Å². The number of hydrogen-bond donors (Lipinski definition) is 2. The van der Waals surface area contributed by atoms with Gasteiger partial charge in [0.25, 0.3) is 0 Å². The van der Waals surface area contributed by atoms with Gasteiger partial charge in [0.15, 0.2) is 0 Å². The van der Waals surface area contributed by atoms with E-state index in [-0.39, 0.29) is 0 Å². The van der Waals surface area contributed by atoms with Crippen LogP contribution < -0.4 is 5.32 Å². The van der Waals surface area contributed by atoms with Gasteiger partial charge in [-0.25, -0.2) is 0 Å². The topological polar surface area (TPSA) is 52.6 Å². The molecule has 118 valence electrons. The van der Waals surface area contributed by atoms with Crippen LogP contribution in [-0.4, -0.2) is 47.2 Å². The van der Waals surface area contributed by atoms with Gasteiger partial charge in [-0.05, 0) is 72.0 Å². The SMILES string of the molecule is CCCNC(C)(CCCCN1CCCCC1C)C(=O)O. The number of hydrogen-bond acceptors (Lipinski definition) is 3. The van der Waals surface area contributed by atoms with E-state index in [0.717, 1.165) is 32.4 Å². The van der Waals surface area contributed by atoms with Crippen LogP contribution >= 0.6 is 0 Å². The number of piperidine rings is 1. The molecule has 0 aromatic carbocycles. The van der Waals surface area contributed by atoms with Gasteiger partial charge in [-0.2, -0.15) is 0 Å². The fourth-order valence-electron chi connectivity index (χ4n) is 2.96. The molecule has 0 aromatic heterocycles. The highest BCUT2D eigenvalue weighted by Crippen LogP contribution is 2.19. The van der Waals surface area contributed by atoms with Gasteiger partial charge in [0.2, 0.25) is 0 Å². The standard InChI is InChI=1S/C16H32N2O2/c1-4-11-17-16(3,15(19)20)10-6-8-13-18-12-7-5-9-14(18)2/h14,17H,4-13H2,1-3H3,(H,19,20). The Morgan fingerprint density at radius 1 is 1.40 bits per heavy atom. The van der Waals surface area contributed by atoms with Crippen molar-refractivity contribution in [1.82, 2.24) is 10.2 Å². The summed E-state index contributed by atoms with van der Waals surface area (Å²) in [6.45, 7) is 9.28. The molecule has 2 N–H and O–H groups in total. The Labute approximate surface area is 123 Å². The predicted octanol–water partition coefficient (Wildman–Crippen LogP) is 2.87. The van der Waals surface area contributed by atoms with Crippen molar-refractivity contribution in [3.05, 3.63) is 0 Å². The number of nitrogens with zero attached hydrogens (tertiary/aromatic N) is 1. The van der Waals surface area contributed by atoms with Crippen molar-refractivity contribution in [1.29, 1.82) is 0 Å². The molecule has 0 saturated carbocycles. The summed E-state index contributed by atoms with van der Waals surface area (Å²) in [5, 5.41) is 12.6. The van der Waals surface area contributed by atoms with Crippen molar-refractivity contribution in [2.24, 2.45) is 0 Å². The Balaban J connectivity index is 2.28. The zero-order chi connectivity index (χ0) is 15.0. The van der Waals surface area contributed by atoms with Crippen LogP contribution in [0.4, 0.5) is 0 Å². The summed E-state index contributed by atoms with van der Waals surface area (Å²) in [7, 11) is 0. The van der Waals surface area contributed by atoms with E-state index in [1.807, 2.05) is 6.92 Å². The Kier molecular flexibility index (Phi) is 7.52. The summed E-state index contributed by atoms with van der Waals surface area (Å²) >= 11 is 0. The Morgan fingerprint density at radius 3 is 2.75 bits per heavy atom. The zero-order valence-corrected chi connectivity index (χ0v) is 13.5. The first kappa shape index (κ1) is 17.4. The molecule has 1 rings (SSSR count). The zero-order valence-electron chi connectivity index (χ0n) is 13.5. The molecule has 0 aliphatic carbocycles. The van der Waals surface area contributed by atoms with Gasteiger partial charge in [-0.15, -0.1) is 0 Å². The smallest absolute Gasteiger partial charge is 0.323 e. The van der Waals surface area contributed by atoms with Crippen LogP contribution in [0.3, 0.4) is 0 Å². The van der Waals surface area contributed by atoms with Crippen LogP contribution in [-0.2, 0) is 4.79 Å². The summed E-state index contributed by atoms with van der Waals surface area (Å²) < 4.78 is 0. The number of aliphatic carboxylic acids is 1. The van der Waals surface area contributed by atoms with Gasteiger partial charge in [0, 0.05) is 6.04 Å². The molecule has 20 heavy (non-hydrogen) atoms. The average Bonchev–Trinajstić information content (AvgIpc) is 2.43. The largest absolute Gasteiger partial charge is 0.480 e. The van der Waals surface area contributed by atoms with Crippen LogP contribution in [0.25, 0.3) is 0 Å². The van der Waals surface area contributed by atoms with Crippen molar-refractivity contribution in [3.63, 3.8) is 0 Å². The summed E-state index contributed by atoms with van der Waals surface area (Å²) in [6.07, 6.45) is 7.73. The first-order valence-electron chi connectivity index (χ1n) is 8.22. The number of carboxylic acids is 1. The molecule has 0 bridgehead atoms. The van der Waals surface area contributed by atoms with Gasteiger partial charge in [-0.1, -0.05) is 13.3 Å². The lowest BCUT2D eigenvalue weighted by atomic mass is 9.94.